The number of benzene rings is 2. The van der Waals surface area contributed by atoms with Crippen LogP contribution in [0.2, 0.25) is 0 Å². The summed E-state index contributed by atoms with van der Waals surface area (Å²) in [5, 5.41) is 2.89. The maximum Gasteiger partial charge on any atom is 0.259 e. The Morgan fingerprint density at radius 3 is 2.29 bits per heavy atom. The average Bonchev–Trinajstić information content (AvgIpc) is 2.86. The van der Waals surface area contributed by atoms with Crippen molar-refractivity contribution in [3.63, 3.8) is 0 Å². The van der Waals surface area contributed by atoms with Crippen molar-refractivity contribution < 1.29 is 19.1 Å². The van der Waals surface area contributed by atoms with Gasteiger partial charge in [-0.2, -0.15) is 0 Å². The summed E-state index contributed by atoms with van der Waals surface area (Å²) >= 11 is 1.39. The van der Waals surface area contributed by atoms with Gasteiger partial charge >= 0.3 is 0 Å². The Balaban J connectivity index is 1.56. The second kappa shape index (κ2) is 12.5. The minimum atomic E-state index is -0.243. The van der Waals surface area contributed by atoms with Gasteiger partial charge in [-0.1, -0.05) is 31.4 Å². The molecule has 1 aliphatic rings. The Kier molecular flexibility index (Phi) is 9.39. The van der Waals surface area contributed by atoms with Crippen molar-refractivity contribution in [1.82, 2.24) is 9.80 Å². The smallest absolute Gasteiger partial charge is 0.259 e. The van der Waals surface area contributed by atoms with Crippen LogP contribution in [0.5, 0.6) is 5.75 Å². The summed E-state index contributed by atoms with van der Waals surface area (Å²) in [6.45, 7) is -0.0437. The molecule has 3 amide bonds. The van der Waals surface area contributed by atoms with Crippen molar-refractivity contribution in [1.29, 1.82) is 0 Å². The zero-order valence-electron chi connectivity index (χ0n) is 20.1. The molecule has 0 atom stereocenters. The lowest BCUT2D eigenvalue weighted by Gasteiger charge is -2.31. The van der Waals surface area contributed by atoms with Crippen LogP contribution in [0, 0.1) is 0 Å². The number of nitrogens with zero attached hydrogens (tertiary/aromatic N) is 2. The van der Waals surface area contributed by atoms with Gasteiger partial charge in [0.05, 0.1) is 11.3 Å². The molecule has 0 aliphatic heterocycles. The van der Waals surface area contributed by atoms with Crippen molar-refractivity contribution in [2.24, 2.45) is 0 Å². The number of rotatable bonds is 9. The first-order valence-electron chi connectivity index (χ1n) is 11.6. The molecule has 34 heavy (non-hydrogen) atoms. The van der Waals surface area contributed by atoms with E-state index < -0.39 is 0 Å². The van der Waals surface area contributed by atoms with Gasteiger partial charge in [-0.25, -0.2) is 0 Å². The van der Waals surface area contributed by atoms with E-state index in [0.717, 1.165) is 17.7 Å². The fourth-order valence-corrected chi connectivity index (χ4v) is 4.77. The Hall–Kier alpha value is -3.00. The highest BCUT2D eigenvalue weighted by Gasteiger charge is 2.22. The predicted octanol–water partition coefficient (Wildman–Crippen LogP) is 4.29. The van der Waals surface area contributed by atoms with E-state index in [9.17, 15) is 14.4 Å². The van der Waals surface area contributed by atoms with Crippen molar-refractivity contribution in [2.45, 2.75) is 43.0 Å². The van der Waals surface area contributed by atoms with E-state index >= 15 is 0 Å². The molecule has 1 aliphatic carbocycles. The predicted molar refractivity (Wildman–Crippen MR) is 135 cm³/mol. The second-order valence-electron chi connectivity index (χ2n) is 8.64. The molecule has 0 aromatic heterocycles. The van der Waals surface area contributed by atoms with Gasteiger partial charge in [0.25, 0.3) is 11.8 Å². The van der Waals surface area contributed by atoms with Crippen LogP contribution in [0.4, 0.5) is 5.69 Å². The van der Waals surface area contributed by atoms with Crippen molar-refractivity contribution in [3.05, 3.63) is 54.1 Å². The fraction of sp³-hybridized carbons (Fsp3) is 0.423. The quantitative estimate of drug-likeness (QED) is 0.539. The highest BCUT2D eigenvalue weighted by atomic mass is 32.2. The van der Waals surface area contributed by atoms with Crippen LogP contribution >= 0.6 is 11.8 Å². The van der Waals surface area contributed by atoms with Crippen LogP contribution in [0.25, 0.3) is 0 Å². The number of anilines is 1. The summed E-state index contributed by atoms with van der Waals surface area (Å²) in [7, 11) is 5.23. The molecule has 7 nitrogen and oxygen atoms in total. The highest BCUT2D eigenvalue weighted by molar-refractivity contribution is 8.00. The van der Waals surface area contributed by atoms with Gasteiger partial charge in [-0.3, -0.25) is 14.4 Å². The Bertz CT molecular complexity index is 988. The van der Waals surface area contributed by atoms with Crippen LogP contribution in [-0.2, 0) is 9.59 Å². The first kappa shape index (κ1) is 25.6. The first-order chi connectivity index (χ1) is 16.3. The van der Waals surface area contributed by atoms with Crippen molar-refractivity contribution in [2.75, 3.05) is 38.8 Å². The van der Waals surface area contributed by atoms with Crippen LogP contribution < -0.4 is 10.1 Å². The lowest BCUT2D eigenvalue weighted by Crippen LogP contribution is -2.39. The van der Waals surface area contributed by atoms with Gasteiger partial charge in [0, 0.05) is 37.8 Å². The zero-order chi connectivity index (χ0) is 24.5. The van der Waals surface area contributed by atoms with Crippen LogP contribution in [0.1, 0.15) is 42.5 Å². The van der Waals surface area contributed by atoms with Crippen molar-refractivity contribution in [3.8, 4) is 5.75 Å². The second-order valence-corrected chi connectivity index (χ2v) is 9.65. The number of hydrogen-bond donors (Lipinski definition) is 1. The molecule has 182 valence electrons. The third-order valence-electron chi connectivity index (χ3n) is 5.97. The third-order valence-corrected chi connectivity index (χ3v) is 7.03. The Labute approximate surface area is 205 Å². The van der Waals surface area contributed by atoms with Gasteiger partial charge in [0.15, 0.2) is 6.61 Å². The summed E-state index contributed by atoms with van der Waals surface area (Å²) in [5.74, 6) is 0.567. The maximum atomic E-state index is 12.9. The molecule has 8 heteroatoms. The van der Waals surface area contributed by atoms with Gasteiger partial charge in [-0.15, -0.1) is 11.8 Å². The van der Waals surface area contributed by atoms with E-state index in [-0.39, 0.29) is 24.3 Å². The van der Waals surface area contributed by atoms with Crippen LogP contribution in [0.3, 0.4) is 0 Å². The molecule has 2 aromatic carbocycles. The number of carbonyl (C=O) groups excluding carboxylic acids is 3. The van der Waals surface area contributed by atoms with E-state index in [1.165, 1.54) is 35.9 Å². The van der Waals surface area contributed by atoms with Crippen molar-refractivity contribution >= 4 is 35.2 Å². The molecule has 0 unspecified atom stereocenters. The highest BCUT2D eigenvalue weighted by Crippen LogP contribution is 2.26. The molecule has 0 radical (unpaired) electrons. The monoisotopic (exact) mass is 483 g/mol. The first-order valence-corrected chi connectivity index (χ1v) is 12.6. The lowest BCUT2D eigenvalue weighted by molar-refractivity contribution is -0.131. The molecular weight excluding hydrogens is 450 g/mol. The largest absolute Gasteiger partial charge is 0.484 e. The summed E-state index contributed by atoms with van der Waals surface area (Å²) < 4.78 is 5.47. The summed E-state index contributed by atoms with van der Waals surface area (Å²) in [6, 6.07) is 14.5. The van der Waals surface area contributed by atoms with E-state index in [1.54, 1.807) is 44.4 Å². The molecule has 1 N–H and O–H groups in total. The Morgan fingerprint density at radius 1 is 0.941 bits per heavy atom. The minimum Gasteiger partial charge on any atom is -0.484 e. The Morgan fingerprint density at radius 2 is 1.62 bits per heavy atom. The number of likely N-dealkylation sites (N-methyl/N-ethyl adjacent to an activating group) is 1. The average molecular weight is 484 g/mol. The molecule has 3 rings (SSSR count). The van der Waals surface area contributed by atoms with E-state index in [4.69, 9.17) is 4.74 Å². The van der Waals surface area contributed by atoms with Gasteiger partial charge in [0.2, 0.25) is 5.91 Å². The number of carbonyl (C=O) groups is 3. The number of amides is 3. The third kappa shape index (κ3) is 7.25. The van der Waals surface area contributed by atoms with E-state index in [1.807, 2.05) is 30.1 Å². The van der Waals surface area contributed by atoms with Crippen LogP contribution in [0.15, 0.2) is 53.4 Å². The molecule has 0 saturated heterocycles. The van der Waals surface area contributed by atoms with Gasteiger partial charge in [-0.05, 0) is 49.2 Å². The SMILES string of the molecule is CN(C)C(=O)COc1ccc(NC(=O)c2ccccc2SCC(=O)N(C)C2CCCCC2)cc1. The van der Waals surface area contributed by atoms with E-state index in [2.05, 4.69) is 5.32 Å². The lowest BCUT2D eigenvalue weighted by atomic mass is 9.94. The molecule has 0 spiro atoms. The molecule has 0 bridgehead atoms. The van der Waals surface area contributed by atoms with Gasteiger partial charge in [0.1, 0.15) is 5.75 Å². The standard InChI is InChI=1S/C26H33N3O4S/c1-28(2)24(30)17-33-21-15-13-19(14-16-21)27-26(32)22-11-7-8-12-23(22)34-18-25(31)29(3)20-9-5-4-6-10-20/h7-8,11-16,20H,4-6,9-10,17-18H2,1-3H3,(H,27,32). The molecule has 0 heterocycles. The maximum absolute atomic E-state index is 12.9. The normalized spacial score (nSPS) is 13.7. The fourth-order valence-electron chi connectivity index (χ4n) is 3.80. The number of nitrogens with one attached hydrogen (secondary N) is 1. The molecular formula is C26H33N3O4S. The number of thioether (sulfide) groups is 1. The summed E-state index contributed by atoms with van der Waals surface area (Å²) in [4.78, 5) is 41.4. The molecule has 1 saturated carbocycles. The summed E-state index contributed by atoms with van der Waals surface area (Å²) in [6.07, 6.45) is 5.75. The molecule has 1 fully saturated rings. The van der Waals surface area contributed by atoms with E-state index in [0.29, 0.717) is 28.8 Å². The number of ether oxygens (including phenoxy) is 1. The summed E-state index contributed by atoms with van der Waals surface area (Å²) in [5.41, 5.74) is 1.14. The zero-order valence-corrected chi connectivity index (χ0v) is 20.9. The van der Waals surface area contributed by atoms with Crippen LogP contribution in [-0.4, -0.2) is 67.1 Å². The molecule has 2 aromatic rings. The van der Waals surface area contributed by atoms with Gasteiger partial charge < -0.3 is 19.9 Å². The number of hydrogen-bond acceptors (Lipinski definition) is 5. The minimum absolute atomic E-state index is 0.0437. The topological polar surface area (TPSA) is 79.0 Å².